The highest BCUT2D eigenvalue weighted by molar-refractivity contribution is 6.24. The van der Waals surface area contributed by atoms with Crippen molar-refractivity contribution in [2.24, 2.45) is 9.98 Å². The number of hydrogen-bond donors (Lipinski definition) is 2. The van der Waals surface area contributed by atoms with Gasteiger partial charge >= 0.3 is 0 Å². The number of hydrogen-bond acceptors (Lipinski definition) is 2. The maximum atomic E-state index is 5.58. The molecule has 2 atom stereocenters. The number of nitrogens with one attached hydrogen (secondary N) is 2. The standard InChI is InChI=1S/C38H44N4/c1-11-28-24(7)31-17-30-21(4)22(5)37(41-30)36(27-15-13-20(3)14-16-27)38(10)26(9)23(6)33(42-38)18-32-25(8)29(12-2)35(40-32)19-34(28)39-31/h13-19,36,39,41H,11-12H2,1-10H3/t36-,38-/m1/s1. The molecule has 0 saturated heterocycles. The Morgan fingerprint density at radius 2 is 1.45 bits per heavy atom. The molecule has 0 spiro atoms. The van der Waals surface area contributed by atoms with Crippen LogP contribution < -0.4 is 10.7 Å². The summed E-state index contributed by atoms with van der Waals surface area (Å²) in [7, 11) is 0. The van der Waals surface area contributed by atoms with Crippen molar-refractivity contribution >= 4 is 23.6 Å². The lowest BCUT2D eigenvalue weighted by Crippen LogP contribution is -2.32. The Hall–Kier alpha value is -3.92. The van der Waals surface area contributed by atoms with Gasteiger partial charge in [-0.25, -0.2) is 4.99 Å². The lowest BCUT2D eigenvalue weighted by atomic mass is 9.73. The number of rotatable bonds is 3. The first kappa shape index (κ1) is 28.2. The molecule has 2 N–H and O–H groups in total. The molecule has 3 aromatic rings. The van der Waals surface area contributed by atoms with Crippen LogP contribution in [0.3, 0.4) is 0 Å². The van der Waals surface area contributed by atoms with E-state index in [0.29, 0.717) is 0 Å². The second-order valence-corrected chi connectivity index (χ2v) is 12.6. The molecule has 2 aromatic heterocycles. The fourth-order valence-corrected chi connectivity index (χ4v) is 7.26. The van der Waals surface area contributed by atoms with E-state index in [4.69, 9.17) is 9.98 Å². The molecule has 3 aliphatic rings. The number of fused-ring (bicyclic) bond motifs is 6. The Morgan fingerprint density at radius 1 is 0.738 bits per heavy atom. The van der Waals surface area contributed by atoms with Crippen molar-refractivity contribution in [1.29, 1.82) is 0 Å². The maximum absolute atomic E-state index is 5.58. The number of allylic oxidation sites excluding steroid dienone is 4. The largest absolute Gasteiger partial charge is 0.358 e. The Kier molecular flexibility index (Phi) is 6.79. The van der Waals surface area contributed by atoms with Gasteiger partial charge in [-0.05, 0) is 137 Å². The molecule has 8 bridgehead atoms. The Labute approximate surface area is 250 Å². The molecule has 0 radical (unpaired) electrons. The topological polar surface area (TPSA) is 56.3 Å². The average molecular weight is 557 g/mol. The fraction of sp³-hybridized carbons (Fsp3) is 0.368. The molecule has 5 heterocycles. The van der Waals surface area contributed by atoms with E-state index in [-0.39, 0.29) is 5.92 Å². The van der Waals surface area contributed by atoms with E-state index < -0.39 is 5.54 Å². The summed E-state index contributed by atoms with van der Waals surface area (Å²) in [5.41, 5.74) is 17.9. The van der Waals surface area contributed by atoms with Crippen LogP contribution in [0.5, 0.6) is 0 Å². The van der Waals surface area contributed by atoms with Crippen LogP contribution >= 0.6 is 0 Å². The molecule has 0 unspecified atom stereocenters. The Morgan fingerprint density at radius 3 is 2.12 bits per heavy atom. The van der Waals surface area contributed by atoms with Crippen LogP contribution in [0.4, 0.5) is 0 Å². The molecule has 1 aromatic carbocycles. The van der Waals surface area contributed by atoms with Gasteiger partial charge in [-0.1, -0.05) is 43.7 Å². The minimum Gasteiger partial charge on any atom is -0.358 e. The van der Waals surface area contributed by atoms with Gasteiger partial charge < -0.3 is 9.97 Å². The molecular weight excluding hydrogens is 512 g/mol. The third kappa shape index (κ3) is 4.18. The van der Waals surface area contributed by atoms with Crippen LogP contribution in [-0.2, 0) is 6.42 Å². The number of aliphatic imine (C=N–C) groups is 2. The number of H-pyrrole nitrogens is 2. The van der Waals surface area contributed by atoms with Crippen LogP contribution in [-0.4, -0.2) is 26.9 Å². The molecule has 0 aliphatic carbocycles. The van der Waals surface area contributed by atoms with E-state index in [1.54, 1.807) is 0 Å². The van der Waals surface area contributed by atoms with Gasteiger partial charge in [0.1, 0.15) is 0 Å². The molecular formula is C38H44N4. The summed E-state index contributed by atoms with van der Waals surface area (Å²) in [5.74, 6) is 0.0306. The summed E-state index contributed by atoms with van der Waals surface area (Å²) in [4.78, 5) is 18.5. The van der Waals surface area contributed by atoms with E-state index in [9.17, 15) is 0 Å². The van der Waals surface area contributed by atoms with E-state index in [2.05, 4.69) is 122 Å². The van der Waals surface area contributed by atoms with Crippen molar-refractivity contribution < 1.29 is 0 Å². The number of aromatic nitrogens is 2. The highest BCUT2D eigenvalue weighted by Gasteiger charge is 2.44. The van der Waals surface area contributed by atoms with E-state index in [1.165, 1.54) is 61.4 Å². The number of benzene rings is 1. The summed E-state index contributed by atoms with van der Waals surface area (Å²) in [6, 6.07) is 9.03. The first-order valence-electron chi connectivity index (χ1n) is 15.4. The van der Waals surface area contributed by atoms with Crippen LogP contribution in [0.2, 0.25) is 0 Å². The van der Waals surface area contributed by atoms with Gasteiger partial charge in [-0.15, -0.1) is 0 Å². The molecule has 0 saturated carbocycles. The second kappa shape index (κ2) is 10.1. The van der Waals surface area contributed by atoms with Crippen molar-refractivity contribution in [2.45, 2.75) is 93.5 Å². The van der Waals surface area contributed by atoms with Gasteiger partial charge in [0, 0.05) is 22.1 Å². The van der Waals surface area contributed by atoms with Gasteiger partial charge in [-0.2, -0.15) is 0 Å². The smallest absolute Gasteiger partial charge is 0.0922 e. The van der Waals surface area contributed by atoms with Gasteiger partial charge in [0.2, 0.25) is 0 Å². The second-order valence-electron chi connectivity index (χ2n) is 12.6. The highest BCUT2D eigenvalue weighted by Crippen LogP contribution is 2.48. The first-order valence-corrected chi connectivity index (χ1v) is 15.4. The molecule has 0 amide bonds. The van der Waals surface area contributed by atoms with Crippen LogP contribution in [0.15, 0.2) is 68.3 Å². The molecule has 216 valence electrons. The van der Waals surface area contributed by atoms with E-state index >= 15 is 0 Å². The third-order valence-corrected chi connectivity index (χ3v) is 10.3. The number of aryl methyl sites for hydroxylation is 1. The van der Waals surface area contributed by atoms with Crippen molar-refractivity contribution in [1.82, 2.24) is 9.97 Å². The Balaban J connectivity index is 1.74. The zero-order chi connectivity index (χ0) is 30.1. The molecule has 42 heavy (non-hydrogen) atoms. The molecule has 4 nitrogen and oxygen atoms in total. The normalized spacial score (nSPS) is 21.8. The molecule has 0 fully saturated rings. The van der Waals surface area contributed by atoms with Gasteiger partial charge in [0.15, 0.2) is 0 Å². The number of nitrogens with zero attached hydrogens (tertiary/aromatic N) is 2. The Bertz CT molecular complexity index is 1910. The summed E-state index contributed by atoms with van der Waals surface area (Å²) >= 11 is 0. The van der Waals surface area contributed by atoms with Gasteiger partial charge in [0.05, 0.1) is 28.6 Å². The average Bonchev–Trinajstić information content (AvgIpc) is 3.59. The zero-order valence-electron chi connectivity index (χ0n) is 26.9. The van der Waals surface area contributed by atoms with Crippen LogP contribution in [0, 0.1) is 27.7 Å². The summed E-state index contributed by atoms with van der Waals surface area (Å²) in [6.45, 7) is 22.4. The van der Waals surface area contributed by atoms with Gasteiger partial charge in [0.25, 0.3) is 0 Å². The molecule has 4 heteroatoms. The zero-order valence-corrected chi connectivity index (χ0v) is 26.9. The van der Waals surface area contributed by atoms with Crippen molar-refractivity contribution in [3.63, 3.8) is 0 Å². The van der Waals surface area contributed by atoms with E-state index in [1.807, 2.05) is 0 Å². The third-order valence-electron chi connectivity index (χ3n) is 10.3. The predicted octanol–water partition coefficient (Wildman–Crippen LogP) is 7.51. The number of aromatic amines is 2. The SMILES string of the molecule is CCC1=C(C)C2=CC3=N[C@](C)(C(C)=C3C)[C@H](c3ccc(C)cc3)c3[nH]c(c(C)c3C)C=c3[nH]c(c(CC)c3C)=CC1=N2. The highest BCUT2D eigenvalue weighted by atomic mass is 14.9. The predicted molar refractivity (Wildman–Crippen MR) is 178 cm³/mol. The summed E-state index contributed by atoms with van der Waals surface area (Å²) < 4.78 is 0. The van der Waals surface area contributed by atoms with E-state index in [0.717, 1.165) is 46.4 Å². The quantitative estimate of drug-likeness (QED) is 0.336. The molecule has 6 rings (SSSR count). The van der Waals surface area contributed by atoms with Crippen molar-refractivity contribution in [2.75, 3.05) is 0 Å². The van der Waals surface area contributed by atoms with Crippen molar-refractivity contribution in [3.05, 3.63) is 114 Å². The first-order chi connectivity index (χ1) is 20.0. The van der Waals surface area contributed by atoms with Gasteiger partial charge in [-0.3, -0.25) is 4.99 Å². The summed E-state index contributed by atoms with van der Waals surface area (Å²) in [5, 5.41) is 2.31. The van der Waals surface area contributed by atoms with Crippen LogP contribution in [0.25, 0.3) is 12.2 Å². The minimum absolute atomic E-state index is 0.0306. The van der Waals surface area contributed by atoms with Crippen molar-refractivity contribution in [3.8, 4) is 0 Å². The minimum atomic E-state index is -0.449. The molecule has 3 aliphatic heterocycles. The summed E-state index contributed by atoms with van der Waals surface area (Å²) in [6.07, 6.45) is 8.70. The monoisotopic (exact) mass is 556 g/mol. The lowest BCUT2D eigenvalue weighted by Gasteiger charge is -2.34. The lowest BCUT2D eigenvalue weighted by molar-refractivity contribution is 0.486. The fourth-order valence-electron chi connectivity index (χ4n) is 7.26. The maximum Gasteiger partial charge on any atom is 0.0922 e. The van der Waals surface area contributed by atoms with Crippen LogP contribution in [0.1, 0.15) is 98.6 Å².